The molecule has 5 heterocycles. The number of hydrogen-bond donors (Lipinski definition) is 10. The average molecular weight is 787 g/mol. The summed E-state index contributed by atoms with van der Waals surface area (Å²) in [6.45, 7) is 0.874. The summed E-state index contributed by atoms with van der Waals surface area (Å²) >= 11 is 0.865. The standard InChI is InChI=1S/C24H30N22O6S2/c47-51-52-53-11-9-27-21-31-19(25-7-5-15-37-43-44-38-15)33-23(35-21)29-17-13-3-1-2-4-14(13)18(42-41-17)30-24-34-20(26-8-6-16-39-45-46-40-16)32-22(36-24)28-10-12-54(48,49)50/h1-4,47H,5-12H2,(H,48,49,50)(H,37,38,43,44)(H,39,40,45,46)(H3,25,27,29,31,33,35,41)(H3,26,28,30,32,34,36,42). The number of anilines is 8. The number of rotatable bonds is 22. The van der Waals surface area contributed by atoms with Crippen molar-refractivity contribution in [3.8, 4) is 0 Å². The first-order valence-electron chi connectivity index (χ1n) is 15.6. The minimum absolute atomic E-state index is 0.0163. The van der Waals surface area contributed by atoms with Gasteiger partial charge in [0.05, 0.1) is 5.75 Å². The zero-order valence-electron chi connectivity index (χ0n) is 27.6. The molecule has 0 aliphatic rings. The van der Waals surface area contributed by atoms with E-state index in [9.17, 15) is 8.42 Å². The van der Waals surface area contributed by atoms with Gasteiger partial charge in [0, 0.05) is 67.6 Å². The zero-order valence-corrected chi connectivity index (χ0v) is 29.2. The topological polar surface area (TPSA) is 377 Å². The van der Waals surface area contributed by atoms with Crippen LogP contribution in [0.4, 0.5) is 47.3 Å². The molecule has 0 atom stereocenters. The summed E-state index contributed by atoms with van der Waals surface area (Å²) in [5.41, 5.74) is 0. The van der Waals surface area contributed by atoms with Gasteiger partial charge in [0.1, 0.15) is 0 Å². The Balaban J connectivity index is 1.22. The molecule has 6 aromatic rings. The van der Waals surface area contributed by atoms with Gasteiger partial charge in [0.2, 0.25) is 35.7 Å². The number of aromatic nitrogens is 16. The number of tetrazole rings is 2. The van der Waals surface area contributed by atoms with Crippen LogP contribution in [-0.2, 0) is 32.3 Å². The molecular weight excluding hydrogens is 757 g/mol. The van der Waals surface area contributed by atoms with Crippen LogP contribution >= 0.6 is 12.0 Å². The van der Waals surface area contributed by atoms with Crippen LogP contribution in [0.25, 0.3) is 10.8 Å². The SMILES string of the molecule is O=S(=O)(O)CCNc1nc(NCCc2nn[nH]n2)nc(Nc2nnc(Nc3nc(NCCSOOO)nc(NCCc4nn[nH]n4)n3)c3ccccc23)n1. The molecule has 10 N–H and O–H groups in total. The Kier molecular flexibility index (Phi) is 12.8. The van der Waals surface area contributed by atoms with Gasteiger partial charge in [-0.1, -0.05) is 39.7 Å². The van der Waals surface area contributed by atoms with Crippen LogP contribution in [0.1, 0.15) is 11.6 Å². The van der Waals surface area contributed by atoms with Crippen LogP contribution in [0.2, 0.25) is 0 Å². The lowest BCUT2D eigenvalue weighted by Gasteiger charge is -2.14. The normalized spacial score (nSPS) is 11.4. The summed E-state index contributed by atoms with van der Waals surface area (Å²) in [6.07, 6.45) is 0.834. The predicted molar refractivity (Wildman–Crippen MR) is 189 cm³/mol. The summed E-state index contributed by atoms with van der Waals surface area (Å²) in [5.74, 6) is 2.13. The molecule has 284 valence electrons. The largest absolute Gasteiger partial charge is 0.354 e. The second kappa shape index (κ2) is 18.4. The smallest absolute Gasteiger partial charge is 0.266 e. The van der Waals surface area contributed by atoms with Gasteiger partial charge in [-0.2, -0.15) is 48.7 Å². The Morgan fingerprint density at radius 2 is 1.11 bits per heavy atom. The van der Waals surface area contributed by atoms with Crippen LogP contribution in [0, 0.1) is 0 Å². The van der Waals surface area contributed by atoms with Gasteiger partial charge >= 0.3 is 0 Å². The predicted octanol–water partition coefficient (Wildman–Crippen LogP) is -0.397. The van der Waals surface area contributed by atoms with Gasteiger partial charge in [-0.05, 0) is 0 Å². The van der Waals surface area contributed by atoms with Gasteiger partial charge in [-0.3, -0.25) is 4.55 Å². The number of nitrogens with one attached hydrogen (secondary N) is 8. The molecule has 0 aliphatic carbocycles. The Hall–Kier alpha value is -6.34. The Labute approximate surface area is 307 Å². The van der Waals surface area contributed by atoms with Crippen LogP contribution in [0.5, 0.6) is 0 Å². The van der Waals surface area contributed by atoms with Crippen molar-refractivity contribution in [3.05, 3.63) is 35.9 Å². The summed E-state index contributed by atoms with van der Waals surface area (Å²) in [5, 5.41) is 67.6. The van der Waals surface area contributed by atoms with E-state index in [1.807, 2.05) is 12.1 Å². The molecule has 0 aliphatic heterocycles. The molecule has 0 unspecified atom stereocenters. The number of aromatic amines is 2. The fraction of sp³-hybridized carbons (Fsp3) is 0.333. The summed E-state index contributed by atoms with van der Waals surface area (Å²) < 4.78 is 36.1. The molecule has 30 heteroatoms. The maximum atomic E-state index is 11.3. The van der Waals surface area contributed by atoms with E-state index < -0.39 is 15.9 Å². The van der Waals surface area contributed by atoms with Crippen molar-refractivity contribution >= 4 is 80.3 Å². The van der Waals surface area contributed by atoms with Crippen molar-refractivity contribution in [2.45, 2.75) is 12.8 Å². The maximum absolute atomic E-state index is 11.3. The summed E-state index contributed by atoms with van der Waals surface area (Å²) in [7, 11) is -4.23. The molecule has 0 fully saturated rings. The van der Waals surface area contributed by atoms with E-state index >= 15 is 0 Å². The first kappa shape index (κ1) is 37.4. The first-order valence-corrected chi connectivity index (χ1v) is 18.1. The molecule has 6 rings (SSSR count). The molecule has 0 saturated heterocycles. The zero-order chi connectivity index (χ0) is 37.6. The van der Waals surface area contributed by atoms with E-state index in [4.69, 9.17) is 9.81 Å². The molecule has 0 radical (unpaired) electrons. The second-order valence-electron chi connectivity index (χ2n) is 10.4. The molecule has 0 saturated carbocycles. The molecule has 1 aromatic carbocycles. The van der Waals surface area contributed by atoms with Crippen LogP contribution in [0.15, 0.2) is 24.3 Å². The summed E-state index contributed by atoms with van der Waals surface area (Å²) in [6, 6.07) is 7.23. The summed E-state index contributed by atoms with van der Waals surface area (Å²) in [4.78, 5) is 26.4. The Bertz CT molecular complexity index is 2200. The third kappa shape index (κ3) is 11.3. The number of benzene rings is 1. The van der Waals surface area contributed by atoms with Crippen molar-refractivity contribution in [1.82, 2.24) is 81.3 Å². The molecule has 0 spiro atoms. The number of nitrogens with zero attached hydrogens (tertiary/aromatic N) is 14. The number of H-pyrrole nitrogens is 2. The molecule has 0 amide bonds. The molecule has 0 bridgehead atoms. The van der Waals surface area contributed by atoms with E-state index in [-0.39, 0.29) is 48.1 Å². The van der Waals surface area contributed by atoms with Gasteiger partial charge in [-0.25, -0.2) is 5.26 Å². The van der Waals surface area contributed by atoms with Crippen molar-refractivity contribution in [1.29, 1.82) is 0 Å². The highest BCUT2D eigenvalue weighted by Gasteiger charge is 2.16. The van der Waals surface area contributed by atoms with Crippen LogP contribution < -0.4 is 31.9 Å². The van der Waals surface area contributed by atoms with Crippen molar-refractivity contribution < 1.29 is 27.6 Å². The lowest BCUT2D eigenvalue weighted by molar-refractivity contribution is -0.432. The molecule has 54 heavy (non-hydrogen) atoms. The van der Waals surface area contributed by atoms with Crippen molar-refractivity contribution in [3.63, 3.8) is 0 Å². The maximum Gasteiger partial charge on any atom is 0.266 e. The minimum Gasteiger partial charge on any atom is -0.354 e. The quantitative estimate of drug-likeness (QED) is 0.0138. The lowest BCUT2D eigenvalue weighted by atomic mass is 10.1. The van der Waals surface area contributed by atoms with Crippen LogP contribution in [0.3, 0.4) is 0 Å². The van der Waals surface area contributed by atoms with E-state index in [2.05, 4.69) is 123 Å². The van der Waals surface area contributed by atoms with E-state index in [0.29, 0.717) is 66.5 Å². The highest BCUT2D eigenvalue weighted by atomic mass is 32.2. The highest BCUT2D eigenvalue weighted by molar-refractivity contribution is 7.94. The minimum atomic E-state index is -4.23. The number of fused-ring (bicyclic) bond motifs is 1. The third-order valence-electron chi connectivity index (χ3n) is 6.65. The van der Waals surface area contributed by atoms with Crippen molar-refractivity contribution in [2.75, 3.05) is 69.6 Å². The van der Waals surface area contributed by atoms with Gasteiger partial charge in [0.15, 0.2) is 23.3 Å². The van der Waals surface area contributed by atoms with E-state index in [0.717, 1.165) is 12.0 Å². The van der Waals surface area contributed by atoms with Crippen molar-refractivity contribution in [2.24, 2.45) is 0 Å². The molecular formula is C24H30N22O6S2. The van der Waals surface area contributed by atoms with Gasteiger partial charge in [-0.15, -0.1) is 34.9 Å². The van der Waals surface area contributed by atoms with Crippen LogP contribution in [-0.4, -0.2) is 137 Å². The van der Waals surface area contributed by atoms with Gasteiger partial charge in [0.25, 0.3) is 10.1 Å². The monoisotopic (exact) mass is 786 g/mol. The third-order valence-corrected chi connectivity index (χ3v) is 7.90. The fourth-order valence-corrected chi connectivity index (χ4v) is 5.04. The lowest BCUT2D eigenvalue weighted by Crippen LogP contribution is -2.18. The second-order valence-corrected chi connectivity index (χ2v) is 12.8. The Morgan fingerprint density at radius 3 is 1.56 bits per heavy atom. The van der Waals surface area contributed by atoms with E-state index in [1.165, 1.54) is 0 Å². The highest BCUT2D eigenvalue weighted by Crippen LogP contribution is 2.29. The first-order chi connectivity index (χ1) is 26.3. The Morgan fingerprint density at radius 1 is 0.648 bits per heavy atom. The molecule has 28 nitrogen and oxygen atoms in total. The number of hydrogen-bond acceptors (Lipinski definition) is 26. The van der Waals surface area contributed by atoms with Gasteiger partial charge < -0.3 is 31.9 Å². The van der Waals surface area contributed by atoms with E-state index in [1.54, 1.807) is 12.1 Å². The fourth-order valence-electron chi connectivity index (χ4n) is 4.38. The average Bonchev–Trinajstić information content (AvgIpc) is 3.87. The molecule has 5 aromatic heterocycles.